The highest BCUT2D eigenvalue weighted by Gasteiger charge is 2.14. The molecule has 20 heavy (non-hydrogen) atoms. The van der Waals surface area contributed by atoms with Gasteiger partial charge in [-0.2, -0.15) is 8.42 Å². The second-order valence-electron chi connectivity index (χ2n) is 4.27. The average Bonchev–Trinajstić information content (AvgIpc) is 2.46. The topological polar surface area (TPSA) is 73.0 Å². The third-order valence-electron chi connectivity index (χ3n) is 2.78. The summed E-state index contributed by atoms with van der Waals surface area (Å²) in [5, 5.41) is 4.18. The van der Waals surface area contributed by atoms with Crippen LogP contribution in [0.3, 0.4) is 0 Å². The normalized spacial score (nSPS) is 11.5. The highest BCUT2D eigenvalue weighted by Crippen LogP contribution is 2.14. The number of hydrogen-bond donors (Lipinski definition) is 0. The van der Waals surface area contributed by atoms with E-state index in [0.717, 1.165) is 24.1 Å². The fourth-order valence-electron chi connectivity index (χ4n) is 1.66. The summed E-state index contributed by atoms with van der Waals surface area (Å²) in [6.07, 6.45) is 3.39. The van der Waals surface area contributed by atoms with E-state index >= 15 is 0 Å². The van der Waals surface area contributed by atoms with Crippen LogP contribution < -0.4 is 4.68 Å². The van der Waals surface area contributed by atoms with Crippen molar-refractivity contribution in [1.82, 2.24) is 10.1 Å². The van der Waals surface area contributed by atoms with Crippen molar-refractivity contribution in [3.8, 4) is 11.3 Å². The molecule has 0 atom stereocenters. The molecule has 0 saturated carbocycles. The van der Waals surface area contributed by atoms with Gasteiger partial charge < -0.3 is 0 Å². The van der Waals surface area contributed by atoms with Gasteiger partial charge in [0.1, 0.15) is 11.9 Å². The fraction of sp³-hybridized carbons (Fsp3) is 0.308. The molecule has 106 valence electrons. The molecule has 2 aromatic rings. The molecule has 0 spiro atoms. The first-order valence-corrected chi connectivity index (χ1v) is 7.66. The second kappa shape index (κ2) is 6.06. The van der Waals surface area contributed by atoms with E-state index in [2.05, 4.69) is 14.3 Å². The molecule has 2 aromatic heterocycles. The lowest BCUT2D eigenvalue weighted by Gasteiger charge is -2.01. The summed E-state index contributed by atoms with van der Waals surface area (Å²) in [6.45, 7) is 2.17. The van der Waals surface area contributed by atoms with Crippen LogP contribution in [0.15, 0.2) is 36.7 Å². The number of rotatable bonds is 5. The molecule has 0 aromatic carbocycles. The lowest BCUT2D eigenvalue weighted by Crippen LogP contribution is -2.40. The summed E-state index contributed by atoms with van der Waals surface area (Å²) in [5.41, 5.74) is 2.67. The standard InChI is InChI=1S/C13H16N3O3S/c1-11-4-3-5-13(15-11)12-6-7-16(14-10-12)8-9-20(17,18)19-2/h3-7,10H,8-9H2,1-2H3/q+1. The van der Waals surface area contributed by atoms with Crippen molar-refractivity contribution in [2.75, 3.05) is 12.9 Å². The highest BCUT2D eigenvalue weighted by molar-refractivity contribution is 7.86. The van der Waals surface area contributed by atoms with Gasteiger partial charge in [-0.3, -0.25) is 9.17 Å². The summed E-state index contributed by atoms with van der Waals surface area (Å²) in [7, 11) is -2.31. The Kier molecular flexibility index (Phi) is 4.41. The third kappa shape index (κ3) is 3.82. The van der Waals surface area contributed by atoms with Gasteiger partial charge in [-0.1, -0.05) is 10.7 Å². The zero-order valence-electron chi connectivity index (χ0n) is 11.4. The molecule has 0 unspecified atom stereocenters. The van der Waals surface area contributed by atoms with E-state index in [1.807, 2.05) is 31.2 Å². The SMILES string of the molecule is COS(=O)(=O)CC[n+]1ccc(-c2cccc(C)n2)cn1. The van der Waals surface area contributed by atoms with Crippen LogP contribution in [-0.4, -0.2) is 31.4 Å². The van der Waals surface area contributed by atoms with Crippen molar-refractivity contribution < 1.29 is 17.3 Å². The van der Waals surface area contributed by atoms with Crippen molar-refractivity contribution in [2.24, 2.45) is 0 Å². The molecule has 6 nitrogen and oxygen atoms in total. The van der Waals surface area contributed by atoms with E-state index in [4.69, 9.17) is 0 Å². The van der Waals surface area contributed by atoms with E-state index in [0.29, 0.717) is 0 Å². The van der Waals surface area contributed by atoms with Gasteiger partial charge in [0.05, 0.1) is 12.8 Å². The van der Waals surface area contributed by atoms with Gasteiger partial charge in [0.15, 0.2) is 12.7 Å². The van der Waals surface area contributed by atoms with Crippen molar-refractivity contribution >= 4 is 10.1 Å². The Hall–Kier alpha value is -1.86. The molecule has 0 aliphatic carbocycles. The molecule has 0 bridgehead atoms. The first-order valence-electron chi connectivity index (χ1n) is 6.08. The molecule has 0 fully saturated rings. The van der Waals surface area contributed by atoms with Gasteiger partial charge in [0.25, 0.3) is 10.1 Å². The minimum absolute atomic E-state index is 0.108. The Morgan fingerprint density at radius 3 is 2.70 bits per heavy atom. The van der Waals surface area contributed by atoms with Gasteiger partial charge in [-0.05, 0) is 24.2 Å². The Labute approximate surface area is 118 Å². The summed E-state index contributed by atoms with van der Waals surface area (Å²) in [6, 6.07) is 7.62. The van der Waals surface area contributed by atoms with Gasteiger partial charge in [0.2, 0.25) is 0 Å². The molecule has 0 amide bonds. The lowest BCUT2D eigenvalue weighted by molar-refractivity contribution is -0.750. The van der Waals surface area contributed by atoms with Crippen LogP contribution in [0.2, 0.25) is 0 Å². The van der Waals surface area contributed by atoms with Gasteiger partial charge >= 0.3 is 0 Å². The summed E-state index contributed by atoms with van der Waals surface area (Å²) >= 11 is 0. The van der Waals surface area contributed by atoms with Crippen LogP contribution in [0.1, 0.15) is 5.69 Å². The first kappa shape index (κ1) is 14.5. The molecule has 7 heteroatoms. The minimum atomic E-state index is -3.46. The van der Waals surface area contributed by atoms with Crippen LogP contribution in [0.5, 0.6) is 0 Å². The van der Waals surface area contributed by atoms with Crippen LogP contribution in [0.4, 0.5) is 0 Å². The fourth-order valence-corrected chi connectivity index (χ4v) is 2.24. The van der Waals surface area contributed by atoms with E-state index in [9.17, 15) is 8.42 Å². The van der Waals surface area contributed by atoms with Gasteiger partial charge in [-0.15, -0.1) is 0 Å². The Morgan fingerprint density at radius 2 is 2.10 bits per heavy atom. The van der Waals surface area contributed by atoms with Crippen LogP contribution in [0, 0.1) is 6.92 Å². The van der Waals surface area contributed by atoms with Crippen molar-refractivity contribution in [3.63, 3.8) is 0 Å². The van der Waals surface area contributed by atoms with Crippen molar-refractivity contribution in [1.29, 1.82) is 0 Å². The molecule has 2 heterocycles. The summed E-state index contributed by atoms with van der Waals surface area (Å²) in [5.74, 6) is -0.108. The minimum Gasteiger partial charge on any atom is -0.273 e. The zero-order chi connectivity index (χ0) is 14.6. The Morgan fingerprint density at radius 1 is 1.30 bits per heavy atom. The predicted molar refractivity (Wildman–Crippen MR) is 73.2 cm³/mol. The molecular formula is C13H16N3O3S+. The number of pyridine rings is 1. The number of aromatic nitrogens is 3. The molecule has 2 rings (SSSR count). The second-order valence-corrected chi connectivity index (χ2v) is 6.13. The molecule has 0 N–H and O–H groups in total. The largest absolute Gasteiger partial charge is 0.273 e. The van der Waals surface area contributed by atoms with E-state index < -0.39 is 10.1 Å². The Bertz CT molecular complexity index is 684. The molecule has 0 aliphatic rings. The van der Waals surface area contributed by atoms with Crippen LogP contribution >= 0.6 is 0 Å². The van der Waals surface area contributed by atoms with E-state index in [-0.39, 0.29) is 12.3 Å². The highest BCUT2D eigenvalue weighted by atomic mass is 32.2. The number of aryl methyl sites for hydroxylation is 2. The summed E-state index contributed by atoms with van der Waals surface area (Å²) < 4.78 is 28.4. The van der Waals surface area contributed by atoms with Gasteiger partial charge in [0, 0.05) is 17.3 Å². The van der Waals surface area contributed by atoms with Crippen LogP contribution in [-0.2, 0) is 20.8 Å². The number of hydrogen-bond acceptors (Lipinski definition) is 5. The Balaban J connectivity index is 2.11. The van der Waals surface area contributed by atoms with Gasteiger partial charge in [-0.25, -0.2) is 0 Å². The molecule has 0 aliphatic heterocycles. The maximum atomic E-state index is 11.2. The molecule has 0 radical (unpaired) electrons. The summed E-state index contributed by atoms with van der Waals surface area (Å²) in [4.78, 5) is 4.41. The molecular weight excluding hydrogens is 278 g/mol. The first-order chi connectivity index (χ1) is 9.50. The molecule has 0 saturated heterocycles. The third-order valence-corrected chi connectivity index (χ3v) is 3.97. The number of nitrogens with zero attached hydrogens (tertiary/aromatic N) is 3. The maximum absolute atomic E-state index is 11.2. The zero-order valence-corrected chi connectivity index (χ0v) is 12.2. The van der Waals surface area contributed by atoms with Crippen molar-refractivity contribution in [3.05, 3.63) is 42.4 Å². The smallest absolute Gasteiger partial charge is 0.273 e. The van der Waals surface area contributed by atoms with E-state index in [1.54, 1.807) is 17.1 Å². The maximum Gasteiger partial charge on any atom is 0.273 e. The van der Waals surface area contributed by atoms with Crippen LogP contribution in [0.25, 0.3) is 11.3 Å². The van der Waals surface area contributed by atoms with E-state index in [1.165, 1.54) is 0 Å². The lowest BCUT2D eigenvalue weighted by atomic mass is 10.2. The average molecular weight is 294 g/mol. The quantitative estimate of drug-likeness (QED) is 0.600. The van der Waals surface area contributed by atoms with Crippen molar-refractivity contribution in [2.45, 2.75) is 13.5 Å². The predicted octanol–water partition coefficient (Wildman–Crippen LogP) is 0.716. The monoisotopic (exact) mass is 294 g/mol.